The molecule has 0 saturated heterocycles. The van der Waals surface area contributed by atoms with Crippen LogP contribution in [0.25, 0.3) is 0 Å². The minimum absolute atomic E-state index is 0.0937. The maximum Gasteiger partial charge on any atom is 0.260 e. The Morgan fingerprint density at radius 1 is 1.26 bits per heavy atom. The predicted octanol–water partition coefficient (Wildman–Crippen LogP) is 3.55. The standard InChI is InChI=1S/C14H15F2N3/c1-9-2-4-10(5-3-9)11-8-12(14(15)16)19-13(18-11)6-7-17-19/h2-7,11-12,14,18H,8H2,1H3/t11-,12-/m0/s1. The van der Waals surface area contributed by atoms with E-state index in [1.165, 1.54) is 4.68 Å². The Bertz CT molecular complexity index is 562. The van der Waals surface area contributed by atoms with Crippen LogP contribution in [0.15, 0.2) is 36.5 Å². The number of fused-ring (bicyclic) bond motifs is 1. The van der Waals surface area contributed by atoms with Gasteiger partial charge in [0.2, 0.25) is 0 Å². The summed E-state index contributed by atoms with van der Waals surface area (Å²) in [4.78, 5) is 0. The second-order valence-corrected chi connectivity index (χ2v) is 4.91. The third-order valence-electron chi connectivity index (χ3n) is 3.55. The van der Waals surface area contributed by atoms with Crippen molar-refractivity contribution in [2.45, 2.75) is 31.9 Å². The van der Waals surface area contributed by atoms with Crippen molar-refractivity contribution in [3.63, 3.8) is 0 Å². The highest BCUT2D eigenvalue weighted by Gasteiger charge is 2.33. The molecule has 3 rings (SSSR count). The number of nitrogens with one attached hydrogen (secondary N) is 1. The maximum atomic E-state index is 13.1. The van der Waals surface area contributed by atoms with E-state index in [0.717, 1.165) is 11.1 Å². The third-order valence-corrected chi connectivity index (χ3v) is 3.55. The van der Waals surface area contributed by atoms with E-state index >= 15 is 0 Å². The average molecular weight is 263 g/mol. The number of benzene rings is 1. The normalized spacial score (nSPS) is 22.1. The molecule has 100 valence electrons. The topological polar surface area (TPSA) is 29.9 Å². The maximum absolute atomic E-state index is 13.1. The largest absolute Gasteiger partial charge is 0.363 e. The van der Waals surface area contributed by atoms with Crippen LogP contribution in [-0.4, -0.2) is 16.2 Å². The molecule has 0 radical (unpaired) electrons. The van der Waals surface area contributed by atoms with Gasteiger partial charge in [0.05, 0.1) is 12.2 Å². The van der Waals surface area contributed by atoms with Crippen LogP contribution >= 0.6 is 0 Å². The predicted molar refractivity (Wildman–Crippen MR) is 69.4 cm³/mol. The Morgan fingerprint density at radius 2 is 2.00 bits per heavy atom. The second-order valence-electron chi connectivity index (χ2n) is 4.91. The number of rotatable bonds is 2. The summed E-state index contributed by atoms with van der Waals surface area (Å²) in [6.07, 6.45) is -0.515. The number of hydrogen-bond acceptors (Lipinski definition) is 2. The first kappa shape index (κ1) is 12.1. The Kier molecular flexibility index (Phi) is 2.97. The van der Waals surface area contributed by atoms with Crippen molar-refractivity contribution in [1.82, 2.24) is 9.78 Å². The first-order valence-electron chi connectivity index (χ1n) is 6.30. The van der Waals surface area contributed by atoms with Gasteiger partial charge < -0.3 is 5.32 Å². The SMILES string of the molecule is Cc1ccc([C@@H]2C[C@@H](C(F)F)n3nccc3N2)cc1. The van der Waals surface area contributed by atoms with Crippen molar-refractivity contribution in [3.8, 4) is 0 Å². The fourth-order valence-electron chi connectivity index (χ4n) is 2.50. The average Bonchev–Trinajstić information content (AvgIpc) is 2.86. The van der Waals surface area contributed by atoms with E-state index in [1.807, 2.05) is 31.2 Å². The highest BCUT2D eigenvalue weighted by molar-refractivity contribution is 5.41. The monoisotopic (exact) mass is 263 g/mol. The molecule has 1 aliphatic heterocycles. The molecule has 19 heavy (non-hydrogen) atoms. The van der Waals surface area contributed by atoms with E-state index in [0.29, 0.717) is 12.2 Å². The molecule has 0 fully saturated rings. The van der Waals surface area contributed by atoms with Crippen molar-refractivity contribution in [2.75, 3.05) is 5.32 Å². The fourth-order valence-corrected chi connectivity index (χ4v) is 2.50. The van der Waals surface area contributed by atoms with E-state index in [1.54, 1.807) is 12.3 Å². The van der Waals surface area contributed by atoms with Crippen molar-refractivity contribution < 1.29 is 8.78 Å². The number of aromatic nitrogens is 2. The zero-order valence-electron chi connectivity index (χ0n) is 10.6. The van der Waals surface area contributed by atoms with Crippen LogP contribution < -0.4 is 5.32 Å². The summed E-state index contributed by atoms with van der Waals surface area (Å²) >= 11 is 0. The van der Waals surface area contributed by atoms with Gasteiger partial charge >= 0.3 is 0 Å². The molecule has 2 heterocycles. The summed E-state index contributed by atoms with van der Waals surface area (Å²) in [5.74, 6) is 0.655. The van der Waals surface area contributed by atoms with Gasteiger partial charge in [-0.05, 0) is 18.9 Å². The first-order valence-corrected chi connectivity index (χ1v) is 6.30. The molecular formula is C14H15F2N3. The van der Waals surface area contributed by atoms with E-state index < -0.39 is 12.5 Å². The third kappa shape index (κ3) is 2.20. The van der Waals surface area contributed by atoms with Crippen LogP contribution in [0.5, 0.6) is 0 Å². The molecule has 0 bridgehead atoms. The van der Waals surface area contributed by atoms with Crippen molar-refractivity contribution >= 4 is 5.82 Å². The van der Waals surface area contributed by atoms with E-state index in [2.05, 4.69) is 10.4 Å². The quantitative estimate of drug-likeness (QED) is 0.898. The van der Waals surface area contributed by atoms with E-state index in [-0.39, 0.29) is 6.04 Å². The molecule has 1 aromatic heterocycles. The zero-order valence-corrected chi connectivity index (χ0v) is 10.6. The molecule has 0 spiro atoms. The number of alkyl halides is 2. The Balaban J connectivity index is 1.92. The first-order chi connectivity index (χ1) is 9.15. The summed E-state index contributed by atoms with van der Waals surface area (Å²) in [6.45, 7) is 2.01. The smallest absolute Gasteiger partial charge is 0.260 e. The molecule has 0 unspecified atom stereocenters. The molecule has 3 nitrogen and oxygen atoms in total. The van der Waals surface area contributed by atoms with Crippen molar-refractivity contribution in [2.24, 2.45) is 0 Å². The summed E-state index contributed by atoms with van der Waals surface area (Å²) in [5, 5.41) is 7.24. The Morgan fingerprint density at radius 3 is 2.68 bits per heavy atom. The molecule has 1 aliphatic rings. The summed E-state index contributed by atoms with van der Waals surface area (Å²) in [7, 11) is 0. The van der Waals surface area contributed by atoms with Gasteiger partial charge in [-0.3, -0.25) is 0 Å². The minimum atomic E-state index is -2.41. The lowest BCUT2D eigenvalue weighted by atomic mass is 9.97. The molecule has 1 N–H and O–H groups in total. The Hall–Kier alpha value is -1.91. The van der Waals surface area contributed by atoms with E-state index in [4.69, 9.17) is 0 Å². The molecule has 0 saturated carbocycles. The van der Waals surface area contributed by atoms with Gasteiger partial charge in [0.25, 0.3) is 6.43 Å². The van der Waals surface area contributed by atoms with Gasteiger partial charge in [-0.1, -0.05) is 29.8 Å². The lowest BCUT2D eigenvalue weighted by Gasteiger charge is -2.32. The van der Waals surface area contributed by atoms with Gasteiger partial charge in [-0.2, -0.15) is 5.10 Å². The number of nitrogens with zero attached hydrogens (tertiary/aromatic N) is 2. The van der Waals surface area contributed by atoms with Crippen molar-refractivity contribution in [1.29, 1.82) is 0 Å². The Labute approximate surface area is 110 Å². The number of aryl methyl sites for hydroxylation is 1. The van der Waals surface area contributed by atoms with Gasteiger partial charge in [-0.15, -0.1) is 0 Å². The van der Waals surface area contributed by atoms with E-state index in [9.17, 15) is 8.78 Å². The number of hydrogen-bond donors (Lipinski definition) is 1. The summed E-state index contributed by atoms with van der Waals surface area (Å²) in [6, 6.07) is 8.75. The lowest BCUT2D eigenvalue weighted by molar-refractivity contribution is 0.0658. The molecule has 0 aliphatic carbocycles. The van der Waals surface area contributed by atoms with Crippen LogP contribution in [0.3, 0.4) is 0 Å². The van der Waals surface area contributed by atoms with Gasteiger partial charge in [0.15, 0.2) is 0 Å². The fraction of sp³-hybridized carbons (Fsp3) is 0.357. The molecule has 0 amide bonds. The lowest BCUT2D eigenvalue weighted by Crippen LogP contribution is -2.30. The molecule has 1 aromatic carbocycles. The van der Waals surface area contributed by atoms with Crippen LogP contribution in [0.1, 0.15) is 29.6 Å². The molecule has 5 heteroatoms. The van der Waals surface area contributed by atoms with Gasteiger partial charge in [-0.25, -0.2) is 13.5 Å². The highest BCUT2D eigenvalue weighted by atomic mass is 19.3. The zero-order chi connectivity index (χ0) is 13.4. The second kappa shape index (κ2) is 4.64. The molecule has 2 aromatic rings. The minimum Gasteiger partial charge on any atom is -0.363 e. The van der Waals surface area contributed by atoms with Gasteiger partial charge in [0.1, 0.15) is 11.9 Å². The van der Waals surface area contributed by atoms with Crippen LogP contribution in [0.4, 0.5) is 14.6 Å². The van der Waals surface area contributed by atoms with Gasteiger partial charge in [0, 0.05) is 6.07 Å². The van der Waals surface area contributed by atoms with Crippen LogP contribution in [-0.2, 0) is 0 Å². The van der Waals surface area contributed by atoms with Crippen LogP contribution in [0, 0.1) is 6.92 Å². The summed E-state index contributed by atoms with van der Waals surface area (Å²) in [5.41, 5.74) is 2.19. The van der Waals surface area contributed by atoms with Crippen LogP contribution in [0.2, 0.25) is 0 Å². The number of anilines is 1. The molecule has 2 atom stereocenters. The molecular weight excluding hydrogens is 248 g/mol. The summed E-state index contributed by atoms with van der Waals surface area (Å²) < 4.78 is 27.7. The van der Waals surface area contributed by atoms with Crippen molar-refractivity contribution in [3.05, 3.63) is 47.7 Å². The highest BCUT2D eigenvalue weighted by Crippen LogP contribution is 2.37. The number of halogens is 2.